The maximum Gasteiger partial charge on any atom is 0.142 e. The van der Waals surface area contributed by atoms with Crippen LogP contribution in [0.1, 0.15) is 22.8 Å². The molecule has 0 bridgehead atoms. The lowest BCUT2D eigenvalue weighted by atomic mass is 9.99. The summed E-state index contributed by atoms with van der Waals surface area (Å²) in [6.07, 6.45) is -0.880. The lowest BCUT2D eigenvalue weighted by Gasteiger charge is -2.13. The van der Waals surface area contributed by atoms with Gasteiger partial charge in [-0.25, -0.2) is 8.78 Å². The first-order valence-corrected chi connectivity index (χ1v) is 6.24. The minimum Gasteiger partial charge on any atom is -0.388 e. The van der Waals surface area contributed by atoms with Crippen molar-refractivity contribution in [2.75, 3.05) is 0 Å². The Kier molecular flexibility index (Phi) is 4.17. The molecule has 2 aromatic rings. The van der Waals surface area contributed by atoms with Crippen molar-refractivity contribution in [2.24, 2.45) is 0 Å². The molecule has 0 fully saturated rings. The second-order valence-corrected chi connectivity index (χ2v) is 4.85. The fourth-order valence-corrected chi connectivity index (χ4v) is 2.04. The van der Waals surface area contributed by atoms with Gasteiger partial charge in [0.15, 0.2) is 0 Å². The van der Waals surface area contributed by atoms with E-state index in [4.69, 9.17) is 11.6 Å². The van der Waals surface area contributed by atoms with Gasteiger partial charge in [-0.3, -0.25) is 0 Å². The smallest absolute Gasteiger partial charge is 0.142 e. The van der Waals surface area contributed by atoms with E-state index in [9.17, 15) is 13.9 Å². The Bertz CT molecular complexity index is 599. The quantitative estimate of drug-likeness (QED) is 0.894. The molecular weight excluding hydrogens is 270 g/mol. The number of halogens is 3. The highest BCUT2D eigenvalue weighted by atomic mass is 35.5. The van der Waals surface area contributed by atoms with Gasteiger partial charge in [-0.1, -0.05) is 35.9 Å². The molecule has 1 unspecified atom stereocenters. The third-order valence-corrected chi connectivity index (χ3v) is 3.30. The first kappa shape index (κ1) is 14.0. The van der Waals surface area contributed by atoms with Crippen molar-refractivity contribution in [1.82, 2.24) is 0 Å². The van der Waals surface area contributed by atoms with Crippen LogP contribution in [0.3, 0.4) is 0 Å². The molecule has 0 aliphatic rings. The molecule has 1 nitrogen and oxygen atoms in total. The van der Waals surface area contributed by atoms with Gasteiger partial charge in [0.25, 0.3) is 0 Å². The van der Waals surface area contributed by atoms with Gasteiger partial charge in [-0.2, -0.15) is 0 Å². The molecule has 0 aromatic heterocycles. The first-order chi connectivity index (χ1) is 8.99. The van der Waals surface area contributed by atoms with Crippen LogP contribution in [-0.2, 0) is 6.42 Å². The average Bonchev–Trinajstić information content (AvgIpc) is 2.37. The van der Waals surface area contributed by atoms with E-state index >= 15 is 0 Å². The highest BCUT2D eigenvalue weighted by Crippen LogP contribution is 2.24. The van der Waals surface area contributed by atoms with Gasteiger partial charge < -0.3 is 5.11 Å². The molecule has 19 heavy (non-hydrogen) atoms. The molecule has 0 radical (unpaired) electrons. The van der Waals surface area contributed by atoms with Crippen molar-refractivity contribution >= 4 is 11.6 Å². The SMILES string of the molecule is Cc1cccc(C(O)Cc2ccc(Cl)c(F)c2)c1F. The van der Waals surface area contributed by atoms with Gasteiger partial charge >= 0.3 is 0 Å². The molecule has 0 amide bonds. The van der Waals surface area contributed by atoms with E-state index in [0.29, 0.717) is 11.1 Å². The van der Waals surface area contributed by atoms with Crippen LogP contribution in [0.25, 0.3) is 0 Å². The summed E-state index contributed by atoms with van der Waals surface area (Å²) in [6, 6.07) is 9.12. The van der Waals surface area contributed by atoms with E-state index in [0.717, 1.165) is 0 Å². The molecule has 0 saturated carbocycles. The van der Waals surface area contributed by atoms with Crippen LogP contribution in [0.15, 0.2) is 36.4 Å². The lowest BCUT2D eigenvalue weighted by Crippen LogP contribution is -2.05. The summed E-state index contributed by atoms with van der Waals surface area (Å²) < 4.78 is 27.1. The van der Waals surface area contributed by atoms with Crippen molar-refractivity contribution in [3.63, 3.8) is 0 Å². The Hall–Kier alpha value is -1.45. The topological polar surface area (TPSA) is 20.2 Å². The van der Waals surface area contributed by atoms with Crippen molar-refractivity contribution < 1.29 is 13.9 Å². The Morgan fingerprint density at radius 2 is 1.95 bits per heavy atom. The zero-order valence-electron chi connectivity index (χ0n) is 10.3. The van der Waals surface area contributed by atoms with Gasteiger partial charge in [-0.15, -0.1) is 0 Å². The zero-order valence-corrected chi connectivity index (χ0v) is 11.1. The van der Waals surface area contributed by atoms with Crippen molar-refractivity contribution in [2.45, 2.75) is 19.4 Å². The molecule has 0 aliphatic heterocycles. The summed E-state index contributed by atoms with van der Waals surface area (Å²) in [5.41, 5.74) is 1.25. The molecule has 2 aromatic carbocycles. The Morgan fingerprint density at radius 3 is 2.63 bits per heavy atom. The lowest BCUT2D eigenvalue weighted by molar-refractivity contribution is 0.173. The first-order valence-electron chi connectivity index (χ1n) is 5.86. The van der Waals surface area contributed by atoms with Crippen LogP contribution >= 0.6 is 11.6 Å². The minimum atomic E-state index is -1.01. The van der Waals surface area contributed by atoms with Crippen molar-refractivity contribution in [3.05, 3.63) is 69.7 Å². The summed E-state index contributed by atoms with van der Waals surface area (Å²) >= 11 is 5.58. The summed E-state index contributed by atoms with van der Waals surface area (Å²) in [7, 11) is 0. The van der Waals surface area contributed by atoms with Gasteiger partial charge in [0, 0.05) is 12.0 Å². The summed E-state index contributed by atoms with van der Waals surface area (Å²) in [6.45, 7) is 1.63. The van der Waals surface area contributed by atoms with Crippen LogP contribution in [0.2, 0.25) is 5.02 Å². The Labute approximate surface area is 115 Å². The molecule has 0 heterocycles. The maximum atomic E-state index is 13.8. The Morgan fingerprint density at radius 1 is 1.21 bits per heavy atom. The van der Waals surface area contributed by atoms with Crippen LogP contribution in [-0.4, -0.2) is 5.11 Å². The van der Waals surface area contributed by atoms with E-state index in [2.05, 4.69) is 0 Å². The van der Waals surface area contributed by atoms with Crippen LogP contribution < -0.4 is 0 Å². The van der Waals surface area contributed by atoms with Gasteiger partial charge in [-0.05, 0) is 30.2 Å². The van der Waals surface area contributed by atoms with Crippen LogP contribution in [0, 0.1) is 18.6 Å². The average molecular weight is 283 g/mol. The fourth-order valence-electron chi connectivity index (χ4n) is 1.93. The van der Waals surface area contributed by atoms with E-state index in [1.165, 1.54) is 18.2 Å². The molecule has 1 atom stereocenters. The van der Waals surface area contributed by atoms with E-state index in [-0.39, 0.29) is 17.0 Å². The molecule has 0 spiro atoms. The molecule has 4 heteroatoms. The van der Waals surface area contributed by atoms with Crippen LogP contribution in [0.4, 0.5) is 8.78 Å². The molecule has 1 N–H and O–H groups in total. The standard InChI is InChI=1S/C15H13ClF2O/c1-9-3-2-4-11(15(9)18)14(19)8-10-5-6-12(16)13(17)7-10/h2-7,14,19H,8H2,1H3. The number of aryl methyl sites for hydroxylation is 1. The minimum absolute atomic E-state index is 0.0278. The predicted octanol–water partition coefficient (Wildman–Crippen LogP) is 4.20. The van der Waals surface area contributed by atoms with E-state index in [1.54, 1.807) is 25.1 Å². The van der Waals surface area contributed by atoms with E-state index < -0.39 is 17.7 Å². The molecule has 2 rings (SSSR count). The summed E-state index contributed by atoms with van der Waals surface area (Å²) in [4.78, 5) is 0. The van der Waals surface area contributed by atoms with Gasteiger partial charge in [0.05, 0.1) is 11.1 Å². The molecule has 0 aliphatic carbocycles. The third-order valence-electron chi connectivity index (χ3n) is 2.99. The molecule has 0 saturated heterocycles. The number of hydrogen-bond donors (Lipinski definition) is 1. The van der Waals surface area contributed by atoms with Crippen molar-refractivity contribution in [1.29, 1.82) is 0 Å². The molecular formula is C15H13ClF2O. The number of aliphatic hydroxyl groups is 1. The van der Waals surface area contributed by atoms with Gasteiger partial charge in [0.1, 0.15) is 11.6 Å². The summed E-state index contributed by atoms with van der Waals surface area (Å²) in [5.74, 6) is -0.972. The largest absolute Gasteiger partial charge is 0.388 e. The monoisotopic (exact) mass is 282 g/mol. The van der Waals surface area contributed by atoms with Gasteiger partial charge in [0.2, 0.25) is 0 Å². The number of rotatable bonds is 3. The highest BCUT2D eigenvalue weighted by molar-refractivity contribution is 6.30. The predicted molar refractivity (Wildman–Crippen MR) is 71.2 cm³/mol. The second-order valence-electron chi connectivity index (χ2n) is 4.45. The normalized spacial score (nSPS) is 12.5. The van der Waals surface area contributed by atoms with Crippen LogP contribution in [0.5, 0.6) is 0 Å². The number of benzene rings is 2. The maximum absolute atomic E-state index is 13.8. The highest BCUT2D eigenvalue weighted by Gasteiger charge is 2.15. The number of hydrogen-bond acceptors (Lipinski definition) is 1. The Balaban J connectivity index is 2.23. The van der Waals surface area contributed by atoms with Crippen molar-refractivity contribution in [3.8, 4) is 0 Å². The zero-order chi connectivity index (χ0) is 14.0. The number of aliphatic hydroxyl groups excluding tert-OH is 1. The third kappa shape index (κ3) is 3.11. The summed E-state index contributed by atoms with van der Waals surface area (Å²) in [5, 5.41) is 10.1. The van der Waals surface area contributed by atoms with E-state index in [1.807, 2.05) is 0 Å². The second kappa shape index (κ2) is 5.68. The molecule has 100 valence electrons. The fraction of sp³-hybridized carbons (Fsp3) is 0.200.